The second kappa shape index (κ2) is 8.37. The SMILES string of the molecule is CCCC1(C(=O)NC(C)C(=O)NCC(C)C)CCCNC1. The van der Waals surface area contributed by atoms with E-state index < -0.39 is 6.04 Å². The molecule has 1 saturated heterocycles. The third-order valence-corrected chi connectivity index (χ3v) is 4.11. The molecule has 0 aromatic rings. The predicted octanol–water partition coefficient (Wildman–Crippen LogP) is 1.43. The molecule has 2 unspecified atom stereocenters. The van der Waals surface area contributed by atoms with Gasteiger partial charge in [-0.2, -0.15) is 0 Å². The van der Waals surface area contributed by atoms with Gasteiger partial charge < -0.3 is 16.0 Å². The molecule has 5 nitrogen and oxygen atoms in total. The lowest BCUT2D eigenvalue weighted by Gasteiger charge is -2.37. The lowest BCUT2D eigenvalue weighted by Crippen LogP contribution is -2.55. The van der Waals surface area contributed by atoms with Crippen LogP contribution in [-0.2, 0) is 9.59 Å². The van der Waals surface area contributed by atoms with Gasteiger partial charge in [0.1, 0.15) is 6.04 Å². The second-order valence-corrected chi connectivity index (χ2v) is 6.64. The van der Waals surface area contributed by atoms with E-state index in [0.29, 0.717) is 19.0 Å². The number of piperidine rings is 1. The summed E-state index contributed by atoms with van der Waals surface area (Å²) in [7, 11) is 0. The molecule has 3 N–H and O–H groups in total. The lowest BCUT2D eigenvalue weighted by molar-refractivity contribution is -0.136. The third kappa shape index (κ3) is 5.30. The molecule has 1 fully saturated rings. The van der Waals surface area contributed by atoms with Crippen molar-refractivity contribution in [3.8, 4) is 0 Å². The Morgan fingerprint density at radius 3 is 2.52 bits per heavy atom. The van der Waals surface area contributed by atoms with Crippen molar-refractivity contribution >= 4 is 11.8 Å². The molecule has 2 amide bonds. The Morgan fingerprint density at radius 1 is 1.29 bits per heavy atom. The Balaban J connectivity index is 2.58. The maximum atomic E-state index is 12.6. The monoisotopic (exact) mass is 297 g/mol. The van der Waals surface area contributed by atoms with Gasteiger partial charge in [0.05, 0.1) is 5.41 Å². The van der Waals surface area contributed by atoms with Gasteiger partial charge in [-0.1, -0.05) is 27.2 Å². The van der Waals surface area contributed by atoms with E-state index in [1.165, 1.54) is 0 Å². The minimum atomic E-state index is -0.480. The van der Waals surface area contributed by atoms with Crippen molar-refractivity contribution in [2.24, 2.45) is 11.3 Å². The molecule has 1 aliphatic rings. The van der Waals surface area contributed by atoms with E-state index in [-0.39, 0.29) is 17.2 Å². The first-order valence-electron chi connectivity index (χ1n) is 8.20. The average Bonchev–Trinajstić information content (AvgIpc) is 2.45. The number of amides is 2. The van der Waals surface area contributed by atoms with Crippen LogP contribution in [0.2, 0.25) is 0 Å². The summed E-state index contributed by atoms with van der Waals surface area (Å²) in [4.78, 5) is 24.6. The molecule has 21 heavy (non-hydrogen) atoms. The maximum absolute atomic E-state index is 12.6. The van der Waals surface area contributed by atoms with Crippen molar-refractivity contribution in [2.75, 3.05) is 19.6 Å². The van der Waals surface area contributed by atoms with Crippen molar-refractivity contribution in [3.05, 3.63) is 0 Å². The van der Waals surface area contributed by atoms with Crippen LogP contribution in [0.5, 0.6) is 0 Å². The number of carbonyl (C=O) groups is 2. The Morgan fingerprint density at radius 2 is 2.00 bits per heavy atom. The van der Waals surface area contributed by atoms with Crippen LogP contribution < -0.4 is 16.0 Å². The van der Waals surface area contributed by atoms with Crippen LogP contribution in [0.1, 0.15) is 53.4 Å². The fraction of sp³-hybridized carbons (Fsp3) is 0.875. The number of rotatable bonds is 7. The van der Waals surface area contributed by atoms with Gasteiger partial charge in [-0.15, -0.1) is 0 Å². The molecule has 0 bridgehead atoms. The van der Waals surface area contributed by atoms with E-state index in [1.807, 2.05) is 13.8 Å². The molecule has 1 heterocycles. The van der Waals surface area contributed by atoms with Gasteiger partial charge in [0.15, 0.2) is 0 Å². The van der Waals surface area contributed by atoms with Gasteiger partial charge in [0.25, 0.3) is 0 Å². The van der Waals surface area contributed by atoms with Gasteiger partial charge in [0, 0.05) is 13.1 Å². The minimum absolute atomic E-state index is 0.0174. The average molecular weight is 297 g/mol. The Hall–Kier alpha value is -1.10. The molecule has 0 spiro atoms. The van der Waals surface area contributed by atoms with Crippen molar-refractivity contribution in [1.29, 1.82) is 0 Å². The zero-order chi connectivity index (χ0) is 15.9. The first-order valence-corrected chi connectivity index (χ1v) is 8.20. The molecule has 1 rings (SSSR count). The third-order valence-electron chi connectivity index (χ3n) is 4.11. The molecule has 0 aliphatic carbocycles. The molecular formula is C16H31N3O2. The number of hydrogen-bond donors (Lipinski definition) is 3. The zero-order valence-corrected chi connectivity index (χ0v) is 13.9. The van der Waals surface area contributed by atoms with E-state index >= 15 is 0 Å². The summed E-state index contributed by atoms with van der Waals surface area (Å²) in [5, 5.41) is 9.10. The van der Waals surface area contributed by atoms with Gasteiger partial charge in [-0.25, -0.2) is 0 Å². The number of carbonyl (C=O) groups excluding carboxylic acids is 2. The van der Waals surface area contributed by atoms with Gasteiger partial charge in [-0.05, 0) is 38.6 Å². The van der Waals surface area contributed by atoms with Crippen molar-refractivity contribution < 1.29 is 9.59 Å². The molecule has 0 aromatic heterocycles. The second-order valence-electron chi connectivity index (χ2n) is 6.64. The van der Waals surface area contributed by atoms with E-state index in [1.54, 1.807) is 6.92 Å². The predicted molar refractivity (Wildman–Crippen MR) is 84.9 cm³/mol. The first kappa shape index (κ1) is 18.0. The summed E-state index contributed by atoms with van der Waals surface area (Å²) in [6.45, 7) is 10.3. The normalized spacial score (nSPS) is 23.7. The highest BCUT2D eigenvalue weighted by Crippen LogP contribution is 2.31. The Labute approximate surface area is 128 Å². The summed E-state index contributed by atoms with van der Waals surface area (Å²) >= 11 is 0. The highest BCUT2D eigenvalue weighted by molar-refractivity contribution is 5.90. The maximum Gasteiger partial charge on any atom is 0.242 e. The van der Waals surface area contributed by atoms with Gasteiger partial charge >= 0.3 is 0 Å². The summed E-state index contributed by atoms with van der Waals surface area (Å²) in [5.74, 6) is 0.321. The quantitative estimate of drug-likeness (QED) is 0.666. The van der Waals surface area contributed by atoms with Crippen molar-refractivity contribution in [1.82, 2.24) is 16.0 Å². The van der Waals surface area contributed by atoms with Gasteiger partial charge in [-0.3, -0.25) is 9.59 Å². The minimum Gasteiger partial charge on any atom is -0.354 e. The number of hydrogen-bond acceptors (Lipinski definition) is 3. The molecular weight excluding hydrogens is 266 g/mol. The molecule has 1 aliphatic heterocycles. The molecule has 0 aromatic carbocycles. The van der Waals surface area contributed by atoms with Crippen molar-refractivity contribution in [2.45, 2.75) is 59.4 Å². The fourth-order valence-electron chi connectivity index (χ4n) is 2.84. The summed E-state index contributed by atoms with van der Waals surface area (Å²) in [5.41, 5.74) is -0.348. The lowest BCUT2D eigenvalue weighted by atomic mass is 9.76. The van der Waals surface area contributed by atoms with Crippen LogP contribution in [0.3, 0.4) is 0 Å². The summed E-state index contributed by atoms with van der Waals surface area (Å²) < 4.78 is 0. The molecule has 2 atom stereocenters. The van der Waals surface area contributed by atoms with Crippen LogP contribution in [0, 0.1) is 11.3 Å². The van der Waals surface area contributed by atoms with Crippen molar-refractivity contribution in [3.63, 3.8) is 0 Å². The molecule has 122 valence electrons. The highest BCUT2D eigenvalue weighted by atomic mass is 16.2. The Bertz CT molecular complexity index is 344. The fourth-order valence-corrected chi connectivity index (χ4v) is 2.84. The molecule has 0 saturated carbocycles. The van der Waals surface area contributed by atoms with E-state index in [4.69, 9.17) is 0 Å². The standard InChI is InChI=1S/C16H31N3O2/c1-5-7-16(8-6-9-17-11-16)15(21)19-13(4)14(20)18-10-12(2)3/h12-13,17H,5-11H2,1-4H3,(H,18,20)(H,19,21). The van der Waals surface area contributed by atoms with E-state index in [9.17, 15) is 9.59 Å². The topological polar surface area (TPSA) is 70.2 Å². The molecule has 0 radical (unpaired) electrons. The van der Waals surface area contributed by atoms with E-state index in [2.05, 4.69) is 22.9 Å². The van der Waals surface area contributed by atoms with Crippen LogP contribution in [-0.4, -0.2) is 37.5 Å². The largest absolute Gasteiger partial charge is 0.354 e. The smallest absolute Gasteiger partial charge is 0.242 e. The number of nitrogens with one attached hydrogen (secondary N) is 3. The Kier molecular flexibility index (Phi) is 7.15. The van der Waals surface area contributed by atoms with Crippen LogP contribution >= 0.6 is 0 Å². The zero-order valence-electron chi connectivity index (χ0n) is 13.9. The van der Waals surface area contributed by atoms with Gasteiger partial charge in [0.2, 0.25) is 11.8 Å². The first-order chi connectivity index (χ1) is 9.91. The highest BCUT2D eigenvalue weighted by Gasteiger charge is 2.39. The van der Waals surface area contributed by atoms with Crippen LogP contribution in [0.4, 0.5) is 0 Å². The summed E-state index contributed by atoms with van der Waals surface area (Å²) in [6.07, 6.45) is 3.76. The van der Waals surface area contributed by atoms with E-state index in [0.717, 1.165) is 32.2 Å². The van der Waals surface area contributed by atoms with Crippen LogP contribution in [0.15, 0.2) is 0 Å². The van der Waals surface area contributed by atoms with Crippen LogP contribution in [0.25, 0.3) is 0 Å². The summed E-state index contributed by atoms with van der Waals surface area (Å²) in [6, 6.07) is -0.480. The molecule has 5 heteroatoms.